The number of aryl methyl sites for hydroxylation is 2. The normalized spacial score (nSPS) is 11.1. The zero-order valence-electron chi connectivity index (χ0n) is 12.6. The van der Waals surface area contributed by atoms with Gasteiger partial charge >= 0.3 is 5.97 Å². The highest BCUT2D eigenvalue weighted by molar-refractivity contribution is 5.92. The van der Waals surface area contributed by atoms with Gasteiger partial charge in [0.25, 0.3) is 0 Å². The summed E-state index contributed by atoms with van der Waals surface area (Å²) in [5.41, 5.74) is 2.06. The molecule has 1 N–H and O–H groups in total. The van der Waals surface area contributed by atoms with Gasteiger partial charge in [-0.2, -0.15) is 0 Å². The van der Waals surface area contributed by atoms with E-state index >= 15 is 0 Å². The zero-order chi connectivity index (χ0) is 15.2. The fourth-order valence-corrected chi connectivity index (χ4v) is 2.44. The van der Waals surface area contributed by atoms with Crippen molar-refractivity contribution < 1.29 is 14.6 Å². The number of ether oxygens (including phenoxy) is 1. The van der Waals surface area contributed by atoms with Gasteiger partial charge in [-0.3, -0.25) is 0 Å². The molecule has 0 fully saturated rings. The van der Waals surface area contributed by atoms with Crippen molar-refractivity contribution in [1.82, 2.24) is 9.55 Å². The summed E-state index contributed by atoms with van der Waals surface area (Å²) in [6, 6.07) is 5.11. The molecule has 5 heteroatoms. The third-order valence-electron chi connectivity index (χ3n) is 3.42. The average molecular weight is 290 g/mol. The van der Waals surface area contributed by atoms with E-state index in [4.69, 9.17) is 9.84 Å². The largest absolute Gasteiger partial charge is 0.478 e. The molecule has 0 radical (unpaired) electrons. The average Bonchev–Trinajstić information content (AvgIpc) is 2.81. The van der Waals surface area contributed by atoms with Crippen LogP contribution in [0.2, 0.25) is 0 Å². The van der Waals surface area contributed by atoms with Crippen LogP contribution in [0, 0.1) is 0 Å². The molecule has 21 heavy (non-hydrogen) atoms. The van der Waals surface area contributed by atoms with Crippen LogP contribution in [0.1, 0.15) is 42.9 Å². The number of nitrogens with zero attached hydrogens (tertiary/aromatic N) is 2. The predicted molar refractivity (Wildman–Crippen MR) is 81.8 cm³/mol. The van der Waals surface area contributed by atoms with Crippen LogP contribution >= 0.6 is 0 Å². The van der Waals surface area contributed by atoms with Crippen molar-refractivity contribution in [2.24, 2.45) is 0 Å². The number of fused-ring (bicyclic) bond motifs is 1. The summed E-state index contributed by atoms with van der Waals surface area (Å²) >= 11 is 0. The van der Waals surface area contributed by atoms with Crippen LogP contribution in [0.4, 0.5) is 0 Å². The maximum atomic E-state index is 11.1. The third-order valence-corrected chi connectivity index (χ3v) is 3.42. The van der Waals surface area contributed by atoms with Crippen LogP contribution < -0.4 is 0 Å². The summed E-state index contributed by atoms with van der Waals surface area (Å²) in [5, 5.41) is 9.14. The summed E-state index contributed by atoms with van der Waals surface area (Å²) < 4.78 is 7.51. The number of carbonyl (C=O) groups is 1. The second-order valence-corrected chi connectivity index (χ2v) is 4.99. The number of hydrogen-bond donors (Lipinski definition) is 1. The number of imidazole rings is 1. The van der Waals surface area contributed by atoms with Crippen molar-refractivity contribution in [3.05, 3.63) is 29.6 Å². The van der Waals surface area contributed by atoms with Crippen LogP contribution in [0.5, 0.6) is 0 Å². The van der Waals surface area contributed by atoms with Crippen molar-refractivity contribution in [2.45, 2.75) is 39.7 Å². The maximum Gasteiger partial charge on any atom is 0.335 e. The molecule has 2 rings (SSSR count). The molecule has 0 amide bonds. The van der Waals surface area contributed by atoms with Gasteiger partial charge in [0.1, 0.15) is 5.82 Å². The highest BCUT2D eigenvalue weighted by Crippen LogP contribution is 2.20. The molecular formula is C16H22N2O3. The van der Waals surface area contributed by atoms with E-state index in [-0.39, 0.29) is 0 Å². The van der Waals surface area contributed by atoms with Crippen molar-refractivity contribution >= 4 is 17.0 Å². The van der Waals surface area contributed by atoms with Gasteiger partial charge in [0.2, 0.25) is 0 Å². The number of carboxylic acid groups (broad SMARTS) is 1. The monoisotopic (exact) mass is 290 g/mol. The van der Waals surface area contributed by atoms with Crippen LogP contribution in [0.3, 0.4) is 0 Å². The summed E-state index contributed by atoms with van der Waals surface area (Å²) in [7, 11) is 0. The molecular weight excluding hydrogens is 268 g/mol. The highest BCUT2D eigenvalue weighted by Gasteiger charge is 2.12. The minimum absolute atomic E-state index is 0.302. The van der Waals surface area contributed by atoms with E-state index in [1.54, 1.807) is 18.2 Å². The minimum atomic E-state index is -0.906. The van der Waals surface area contributed by atoms with E-state index in [0.717, 1.165) is 49.3 Å². The number of benzene rings is 1. The van der Waals surface area contributed by atoms with Gasteiger partial charge in [-0.05, 0) is 38.0 Å². The molecule has 0 bridgehead atoms. The Bertz CT molecular complexity index is 619. The molecule has 1 heterocycles. The lowest BCUT2D eigenvalue weighted by molar-refractivity contribution is 0.0697. The first-order valence-electron chi connectivity index (χ1n) is 7.47. The fourth-order valence-electron chi connectivity index (χ4n) is 2.44. The first-order valence-corrected chi connectivity index (χ1v) is 7.47. The van der Waals surface area contributed by atoms with Gasteiger partial charge in [-0.25, -0.2) is 9.78 Å². The van der Waals surface area contributed by atoms with Crippen LogP contribution in [-0.4, -0.2) is 33.8 Å². The SMILES string of the molecule is CCCc1nc2ccc(C(=O)O)cc2n1CCCOCC. The van der Waals surface area contributed by atoms with E-state index < -0.39 is 5.97 Å². The number of hydrogen-bond acceptors (Lipinski definition) is 3. The Morgan fingerprint density at radius 2 is 2.19 bits per heavy atom. The Morgan fingerprint density at radius 1 is 1.38 bits per heavy atom. The Kier molecular flexibility index (Phi) is 5.33. The lowest BCUT2D eigenvalue weighted by Gasteiger charge is -2.09. The Hall–Kier alpha value is -1.88. The second kappa shape index (κ2) is 7.22. The number of rotatable bonds is 8. The third kappa shape index (κ3) is 3.61. The summed E-state index contributed by atoms with van der Waals surface area (Å²) in [5.74, 6) is 0.113. The van der Waals surface area contributed by atoms with Gasteiger partial charge in [-0.1, -0.05) is 6.92 Å². The Balaban J connectivity index is 2.34. The summed E-state index contributed by atoms with van der Waals surface area (Å²) in [4.78, 5) is 15.8. The highest BCUT2D eigenvalue weighted by atomic mass is 16.5. The number of aromatic nitrogens is 2. The topological polar surface area (TPSA) is 64.3 Å². The molecule has 1 aromatic carbocycles. The standard InChI is InChI=1S/C16H22N2O3/c1-3-6-15-17-13-8-7-12(16(19)20)11-14(13)18(15)9-5-10-21-4-2/h7-8,11H,3-6,9-10H2,1-2H3,(H,19,20). The lowest BCUT2D eigenvalue weighted by atomic mass is 10.2. The van der Waals surface area contributed by atoms with Crippen molar-refractivity contribution in [2.75, 3.05) is 13.2 Å². The minimum Gasteiger partial charge on any atom is -0.478 e. The first kappa shape index (κ1) is 15.5. The molecule has 1 aromatic heterocycles. The fraction of sp³-hybridized carbons (Fsp3) is 0.500. The smallest absolute Gasteiger partial charge is 0.335 e. The van der Waals surface area contributed by atoms with Crippen LogP contribution in [0.15, 0.2) is 18.2 Å². The molecule has 0 atom stereocenters. The number of carboxylic acids is 1. The molecule has 0 aliphatic heterocycles. The van der Waals surface area contributed by atoms with Crippen LogP contribution in [0.25, 0.3) is 11.0 Å². The van der Waals surface area contributed by atoms with E-state index in [1.165, 1.54) is 0 Å². The van der Waals surface area contributed by atoms with E-state index in [9.17, 15) is 4.79 Å². The summed E-state index contributed by atoms with van der Waals surface area (Å²) in [6.45, 7) is 6.33. The maximum absolute atomic E-state index is 11.1. The van der Waals surface area contributed by atoms with Gasteiger partial charge in [-0.15, -0.1) is 0 Å². The van der Waals surface area contributed by atoms with Crippen molar-refractivity contribution in [1.29, 1.82) is 0 Å². The van der Waals surface area contributed by atoms with Gasteiger partial charge in [0.15, 0.2) is 0 Å². The van der Waals surface area contributed by atoms with Gasteiger partial charge in [0, 0.05) is 26.2 Å². The zero-order valence-corrected chi connectivity index (χ0v) is 12.6. The van der Waals surface area contributed by atoms with E-state index in [0.29, 0.717) is 12.2 Å². The second-order valence-electron chi connectivity index (χ2n) is 4.99. The first-order chi connectivity index (χ1) is 10.2. The lowest BCUT2D eigenvalue weighted by Crippen LogP contribution is -2.07. The van der Waals surface area contributed by atoms with Crippen molar-refractivity contribution in [3.8, 4) is 0 Å². The molecule has 0 saturated carbocycles. The van der Waals surface area contributed by atoms with E-state index in [2.05, 4.69) is 16.5 Å². The van der Waals surface area contributed by atoms with Crippen LogP contribution in [-0.2, 0) is 17.7 Å². The molecule has 0 saturated heterocycles. The molecule has 0 spiro atoms. The van der Waals surface area contributed by atoms with Crippen molar-refractivity contribution in [3.63, 3.8) is 0 Å². The predicted octanol–water partition coefficient (Wildman–Crippen LogP) is 3.11. The van der Waals surface area contributed by atoms with Gasteiger partial charge < -0.3 is 14.4 Å². The van der Waals surface area contributed by atoms with Gasteiger partial charge in [0.05, 0.1) is 16.6 Å². The molecule has 2 aromatic rings. The Labute approximate surface area is 124 Å². The van der Waals surface area contributed by atoms with E-state index in [1.807, 2.05) is 6.92 Å². The molecule has 0 aliphatic carbocycles. The molecule has 114 valence electrons. The molecule has 0 aliphatic rings. The molecule has 5 nitrogen and oxygen atoms in total. The quantitative estimate of drug-likeness (QED) is 0.759. The number of aromatic carboxylic acids is 1. The summed E-state index contributed by atoms with van der Waals surface area (Å²) in [6.07, 6.45) is 2.81. The Morgan fingerprint density at radius 3 is 2.86 bits per heavy atom. The molecule has 0 unspecified atom stereocenters.